The maximum absolute atomic E-state index is 12.7. The lowest BCUT2D eigenvalue weighted by Crippen LogP contribution is -2.38. The van der Waals surface area contributed by atoms with E-state index in [1.165, 1.54) is 0 Å². The number of nitrogens with zero attached hydrogens (tertiary/aromatic N) is 7. The molecule has 0 unspecified atom stereocenters. The Hall–Kier alpha value is -3.86. The number of hydrogen-bond acceptors (Lipinski definition) is 16. The van der Waals surface area contributed by atoms with Gasteiger partial charge in [-0.2, -0.15) is 0 Å². The van der Waals surface area contributed by atoms with E-state index < -0.39 is 0 Å². The highest BCUT2D eigenvalue weighted by atomic mass is 32.1. The Kier molecular flexibility index (Phi) is 27.7. The molecule has 20 nitrogen and oxygen atoms in total. The van der Waals surface area contributed by atoms with Crippen LogP contribution in [0.25, 0.3) is 0 Å². The van der Waals surface area contributed by atoms with Gasteiger partial charge in [0.1, 0.15) is 12.1 Å². The van der Waals surface area contributed by atoms with Crippen LogP contribution in [0.2, 0.25) is 0 Å². The number of aromatic nitrogens is 6. The van der Waals surface area contributed by atoms with Crippen LogP contribution in [0.15, 0.2) is 12.4 Å². The van der Waals surface area contributed by atoms with Crippen LogP contribution in [0.4, 0.5) is 0 Å². The van der Waals surface area contributed by atoms with Crippen molar-refractivity contribution in [2.24, 2.45) is 21.7 Å². The van der Waals surface area contributed by atoms with Crippen LogP contribution >= 0.6 is 12.8 Å². The fraction of sp³-hybridized carbons (Fsp3) is 0.804. The van der Waals surface area contributed by atoms with E-state index in [2.05, 4.69) is 81.4 Å². The molecule has 0 saturated heterocycles. The third-order valence-corrected chi connectivity index (χ3v) is 10.5. The second-order valence-corrected chi connectivity index (χ2v) is 20.6. The van der Waals surface area contributed by atoms with Crippen LogP contribution in [0, 0.1) is 21.7 Å². The summed E-state index contributed by atoms with van der Waals surface area (Å²) in [5.41, 5.74) is 0.531. The largest absolute Gasteiger partial charge is 0.380 e. The standard InChI is InChI=1S/C46H82N10O10S/c1-37(58)11-12-38-27-55(52-49-38)31-45(6,7)35-65-33-43(2,3)29-47-40(59)15-22-63-25-18-54(17-24-62-21-10-20-57)19-26-64-23-16-41(60)48-30-44(4,5)34-66-36-46(8,9)32-56-28-39(50-53-56)13-14-42(61)51-67/h20,27-28,67H,10-19,21-26,29-36H2,1-9H3,(H,47,59)(H,48,60)(H,51,61). The summed E-state index contributed by atoms with van der Waals surface area (Å²) < 4.78 is 35.3. The molecular weight excluding hydrogens is 885 g/mol. The van der Waals surface area contributed by atoms with Gasteiger partial charge in [0.05, 0.1) is 77.5 Å². The number of aldehydes is 1. The van der Waals surface area contributed by atoms with Crippen LogP contribution in [0.5, 0.6) is 0 Å². The van der Waals surface area contributed by atoms with Gasteiger partial charge in [-0.05, 0) is 13.3 Å². The number of nitrogens with one attached hydrogen (secondary N) is 3. The number of Topliss-reactive ketones (excluding diaryl/α,β-unsaturated/α-hetero) is 1. The molecule has 0 aliphatic rings. The van der Waals surface area contributed by atoms with E-state index in [1.54, 1.807) is 16.3 Å². The summed E-state index contributed by atoms with van der Waals surface area (Å²) in [7, 11) is 0. The summed E-state index contributed by atoms with van der Waals surface area (Å²) in [5, 5.41) is 22.7. The molecule has 0 fully saturated rings. The van der Waals surface area contributed by atoms with E-state index in [-0.39, 0.29) is 71.2 Å². The van der Waals surface area contributed by atoms with Crippen molar-refractivity contribution in [1.29, 1.82) is 0 Å². The molecule has 2 rings (SSSR count). The highest BCUT2D eigenvalue weighted by Crippen LogP contribution is 2.23. The Balaban J connectivity index is 1.62. The van der Waals surface area contributed by atoms with Crippen LogP contribution < -0.4 is 15.4 Å². The average molecular weight is 967 g/mol. The van der Waals surface area contributed by atoms with Gasteiger partial charge in [-0.15, -0.1) is 10.2 Å². The minimum atomic E-state index is -0.294. The molecule has 0 bridgehead atoms. The average Bonchev–Trinajstić information content (AvgIpc) is 3.90. The van der Waals surface area contributed by atoms with Gasteiger partial charge in [-0.3, -0.25) is 28.6 Å². The molecular formula is C46H82N10O10S. The highest BCUT2D eigenvalue weighted by Gasteiger charge is 2.26. The van der Waals surface area contributed by atoms with Crippen molar-refractivity contribution in [3.8, 4) is 0 Å². The van der Waals surface area contributed by atoms with Crippen molar-refractivity contribution in [1.82, 2.24) is 50.2 Å². The predicted molar refractivity (Wildman–Crippen MR) is 256 cm³/mol. The molecule has 21 heteroatoms. The molecule has 2 aromatic heterocycles. The SMILES string of the molecule is CC(=O)CCc1cn(CC(C)(C)COCC(C)(C)CNC(=O)CCOCCN(CCOCCC=O)CCOCCC(=O)NCC(C)(C)COCC(C)(C)Cn2cc(CCC(=O)NS)nn2)nn1. The first kappa shape index (κ1) is 59.3. The lowest BCUT2D eigenvalue weighted by molar-refractivity contribution is -0.123. The van der Waals surface area contributed by atoms with E-state index in [9.17, 15) is 24.0 Å². The number of ketones is 1. The summed E-state index contributed by atoms with van der Waals surface area (Å²) >= 11 is 3.77. The zero-order chi connectivity index (χ0) is 49.8. The molecule has 382 valence electrons. The first-order valence-electron chi connectivity index (χ1n) is 23.4. The number of carbonyl (C=O) groups excluding carboxylic acids is 5. The Morgan fingerprint density at radius 2 is 1.01 bits per heavy atom. The molecule has 0 aromatic carbocycles. The maximum Gasteiger partial charge on any atom is 0.230 e. The van der Waals surface area contributed by atoms with Crippen molar-refractivity contribution in [3.05, 3.63) is 23.8 Å². The molecule has 67 heavy (non-hydrogen) atoms. The number of ether oxygens (including phenoxy) is 5. The van der Waals surface area contributed by atoms with Crippen molar-refractivity contribution >= 4 is 42.6 Å². The van der Waals surface area contributed by atoms with Crippen molar-refractivity contribution in [3.63, 3.8) is 0 Å². The number of hydrogen-bond donors (Lipinski definition) is 4. The number of rotatable bonds is 40. The lowest BCUT2D eigenvalue weighted by Gasteiger charge is -2.29. The first-order valence-corrected chi connectivity index (χ1v) is 23.8. The van der Waals surface area contributed by atoms with Gasteiger partial charge in [0.2, 0.25) is 17.7 Å². The first-order chi connectivity index (χ1) is 31.6. The van der Waals surface area contributed by atoms with Crippen molar-refractivity contribution in [2.45, 2.75) is 120 Å². The highest BCUT2D eigenvalue weighted by molar-refractivity contribution is 7.78. The Bertz CT molecular complexity index is 1750. The summed E-state index contributed by atoms with van der Waals surface area (Å²) in [6.45, 7) is 26.1. The second-order valence-electron chi connectivity index (χ2n) is 20.4. The maximum atomic E-state index is 12.7. The molecule has 3 N–H and O–H groups in total. The van der Waals surface area contributed by atoms with Gasteiger partial charge in [-0.25, -0.2) is 0 Å². The Labute approximate surface area is 403 Å². The van der Waals surface area contributed by atoms with Gasteiger partial charge in [0, 0.05) is 118 Å². The number of aryl methyl sites for hydroxylation is 2. The number of thiol groups is 1. The molecule has 0 radical (unpaired) electrons. The zero-order valence-corrected chi connectivity index (χ0v) is 42.8. The van der Waals surface area contributed by atoms with Gasteiger partial charge >= 0.3 is 0 Å². The van der Waals surface area contributed by atoms with Crippen molar-refractivity contribution in [2.75, 3.05) is 98.8 Å². The second kappa shape index (κ2) is 31.3. The quantitative estimate of drug-likeness (QED) is 0.0427. The molecule has 0 saturated carbocycles. The third-order valence-electron chi connectivity index (χ3n) is 10.3. The molecule has 3 amide bonds. The predicted octanol–water partition coefficient (Wildman–Crippen LogP) is 3.08. The summed E-state index contributed by atoms with van der Waals surface area (Å²) in [6, 6.07) is 0. The van der Waals surface area contributed by atoms with Crippen LogP contribution in [-0.2, 0) is 73.6 Å². The van der Waals surface area contributed by atoms with Gasteiger partial charge < -0.3 is 48.6 Å². The van der Waals surface area contributed by atoms with Gasteiger partial charge in [0.15, 0.2) is 0 Å². The molecule has 0 atom stereocenters. The van der Waals surface area contributed by atoms with Gasteiger partial charge in [0.25, 0.3) is 0 Å². The summed E-state index contributed by atoms with van der Waals surface area (Å²) in [4.78, 5) is 60.9. The number of carbonyl (C=O) groups is 5. The van der Waals surface area contributed by atoms with Crippen LogP contribution in [0.1, 0.15) is 106 Å². The van der Waals surface area contributed by atoms with E-state index >= 15 is 0 Å². The smallest absolute Gasteiger partial charge is 0.230 e. The normalized spacial score (nSPS) is 12.4. The van der Waals surface area contributed by atoms with Gasteiger partial charge in [-0.1, -0.05) is 78.6 Å². The zero-order valence-electron chi connectivity index (χ0n) is 41.9. The summed E-state index contributed by atoms with van der Waals surface area (Å²) in [5.74, 6) is -0.241. The van der Waals surface area contributed by atoms with Crippen LogP contribution in [-0.4, -0.2) is 163 Å². The topological polar surface area (TPSA) is 232 Å². The fourth-order valence-corrected chi connectivity index (χ4v) is 6.59. The lowest BCUT2D eigenvalue weighted by atomic mass is 9.93. The van der Waals surface area contributed by atoms with E-state index in [1.807, 2.05) is 40.1 Å². The Morgan fingerprint density at radius 3 is 1.43 bits per heavy atom. The molecule has 0 aliphatic carbocycles. The third kappa shape index (κ3) is 29.6. The minimum absolute atomic E-state index is 0.0971. The van der Waals surface area contributed by atoms with Crippen molar-refractivity contribution < 1.29 is 47.7 Å². The molecule has 0 aliphatic heterocycles. The van der Waals surface area contributed by atoms with E-state index in [4.69, 9.17) is 23.7 Å². The van der Waals surface area contributed by atoms with E-state index in [0.717, 1.165) is 17.7 Å². The molecule has 2 aromatic rings. The molecule has 2 heterocycles. The minimum Gasteiger partial charge on any atom is -0.380 e. The summed E-state index contributed by atoms with van der Waals surface area (Å²) in [6.07, 6.45) is 7.15. The fourth-order valence-electron chi connectivity index (χ4n) is 6.48. The number of amides is 3. The molecule has 0 spiro atoms. The monoisotopic (exact) mass is 967 g/mol. The Morgan fingerprint density at radius 1 is 0.597 bits per heavy atom. The van der Waals surface area contributed by atoms with E-state index in [0.29, 0.717) is 131 Å². The van der Waals surface area contributed by atoms with Crippen LogP contribution in [0.3, 0.4) is 0 Å².